The van der Waals surface area contributed by atoms with Crippen LogP contribution < -0.4 is 10.6 Å². The van der Waals surface area contributed by atoms with Crippen LogP contribution in [-0.4, -0.2) is 42.3 Å². The fourth-order valence-electron chi connectivity index (χ4n) is 2.62. The number of hydrogen-bond acceptors (Lipinski definition) is 3. The van der Waals surface area contributed by atoms with Crippen LogP contribution in [0.25, 0.3) is 0 Å². The topological polar surface area (TPSA) is 61.4 Å². The van der Waals surface area contributed by atoms with E-state index < -0.39 is 0 Å². The van der Waals surface area contributed by atoms with Crippen LogP contribution in [0.1, 0.15) is 24.8 Å². The molecule has 3 N–H and O–H groups in total. The van der Waals surface area contributed by atoms with Gasteiger partial charge in [0.15, 0.2) is 0 Å². The number of amides is 2. The first-order valence-electron chi connectivity index (χ1n) is 7.50. The number of halogens is 1. The third kappa shape index (κ3) is 4.36. The Kier molecular flexibility index (Phi) is 6.08. The number of rotatable bonds is 8. The van der Waals surface area contributed by atoms with Crippen molar-refractivity contribution in [3.63, 3.8) is 0 Å². The summed E-state index contributed by atoms with van der Waals surface area (Å²) in [5.41, 5.74) is 0.431. The lowest BCUT2D eigenvalue weighted by atomic mass is 9.95. The molecule has 0 bridgehead atoms. The zero-order valence-corrected chi connectivity index (χ0v) is 13.6. The Hall–Kier alpha value is -1.27. The highest BCUT2D eigenvalue weighted by atomic mass is 32.2. The second kappa shape index (κ2) is 7.83. The first kappa shape index (κ1) is 17.1. The molecular formula is C16H23FN2O2S. The normalized spacial score (nSPS) is 16.9. The van der Waals surface area contributed by atoms with Crippen molar-refractivity contribution in [3.05, 3.63) is 35.6 Å². The first-order chi connectivity index (χ1) is 10.6. The molecule has 1 saturated carbocycles. The summed E-state index contributed by atoms with van der Waals surface area (Å²) in [5.74, 6) is 0.551. The van der Waals surface area contributed by atoms with Crippen LogP contribution in [0.15, 0.2) is 24.3 Å². The van der Waals surface area contributed by atoms with Gasteiger partial charge in [0.05, 0.1) is 0 Å². The Labute approximate surface area is 134 Å². The van der Waals surface area contributed by atoms with E-state index in [4.69, 9.17) is 5.11 Å². The van der Waals surface area contributed by atoms with E-state index in [1.807, 2.05) is 12.3 Å². The van der Waals surface area contributed by atoms with Crippen molar-refractivity contribution in [1.82, 2.24) is 10.6 Å². The van der Waals surface area contributed by atoms with Gasteiger partial charge in [-0.05, 0) is 37.1 Å². The number of carbonyl (C=O) groups excluding carboxylic acids is 1. The third-order valence-corrected chi connectivity index (χ3v) is 4.80. The molecule has 1 aromatic rings. The lowest BCUT2D eigenvalue weighted by molar-refractivity contribution is 0.230. The Morgan fingerprint density at radius 2 is 2.18 bits per heavy atom. The maximum atomic E-state index is 13.9. The number of thioether (sulfide) groups is 1. The predicted octanol–water partition coefficient (Wildman–Crippen LogP) is 2.27. The minimum absolute atomic E-state index is 0.0463. The van der Waals surface area contributed by atoms with Gasteiger partial charge in [-0.1, -0.05) is 18.2 Å². The standard InChI is InChI=1S/C16H23FN2O2S/c1-22-10-12(6-9-20)19-15(21)18-11-16(7-8-16)13-4-2-3-5-14(13)17/h2-5,12,20H,6-11H2,1H3,(H2,18,19,21). The van der Waals surface area contributed by atoms with Crippen molar-refractivity contribution in [2.24, 2.45) is 0 Å². The molecule has 4 nitrogen and oxygen atoms in total. The molecule has 1 aromatic carbocycles. The van der Waals surface area contributed by atoms with E-state index in [9.17, 15) is 9.18 Å². The molecule has 1 fully saturated rings. The maximum absolute atomic E-state index is 13.9. The van der Waals surface area contributed by atoms with Crippen LogP contribution in [0.3, 0.4) is 0 Å². The van der Waals surface area contributed by atoms with Gasteiger partial charge in [-0.15, -0.1) is 0 Å². The van der Waals surface area contributed by atoms with E-state index in [0.717, 1.165) is 18.6 Å². The molecule has 1 aliphatic carbocycles. The Morgan fingerprint density at radius 3 is 2.77 bits per heavy atom. The summed E-state index contributed by atoms with van der Waals surface area (Å²) in [6.07, 6.45) is 4.27. The highest BCUT2D eigenvalue weighted by Crippen LogP contribution is 2.48. The SMILES string of the molecule is CSCC(CCO)NC(=O)NCC1(c2ccccc2F)CC1. The summed E-state index contributed by atoms with van der Waals surface area (Å²) < 4.78 is 13.9. The van der Waals surface area contributed by atoms with Gasteiger partial charge in [-0.25, -0.2) is 9.18 Å². The molecule has 122 valence electrons. The van der Waals surface area contributed by atoms with Crippen LogP contribution >= 0.6 is 11.8 Å². The number of carbonyl (C=O) groups is 1. The van der Waals surface area contributed by atoms with Gasteiger partial charge in [-0.3, -0.25) is 0 Å². The molecule has 0 saturated heterocycles. The average Bonchev–Trinajstić information content (AvgIpc) is 3.27. The Bertz CT molecular complexity index is 503. The van der Waals surface area contributed by atoms with Crippen LogP contribution in [0.4, 0.5) is 9.18 Å². The molecule has 0 aliphatic heterocycles. The van der Waals surface area contributed by atoms with Crippen LogP contribution in [0.2, 0.25) is 0 Å². The lowest BCUT2D eigenvalue weighted by Crippen LogP contribution is -2.46. The summed E-state index contributed by atoms with van der Waals surface area (Å²) in [7, 11) is 0. The van der Waals surface area contributed by atoms with E-state index in [1.54, 1.807) is 23.9 Å². The lowest BCUT2D eigenvalue weighted by Gasteiger charge is -2.20. The summed E-state index contributed by atoms with van der Waals surface area (Å²) in [6, 6.07) is 6.46. The summed E-state index contributed by atoms with van der Waals surface area (Å²) in [6.45, 7) is 0.482. The summed E-state index contributed by atoms with van der Waals surface area (Å²) in [4.78, 5) is 12.0. The molecule has 0 radical (unpaired) electrons. The molecule has 2 rings (SSSR count). The molecule has 6 heteroatoms. The molecular weight excluding hydrogens is 303 g/mol. The van der Waals surface area contributed by atoms with Crippen LogP contribution in [0.5, 0.6) is 0 Å². The van der Waals surface area contributed by atoms with Gasteiger partial charge < -0.3 is 15.7 Å². The van der Waals surface area contributed by atoms with Gasteiger partial charge in [-0.2, -0.15) is 11.8 Å². The monoisotopic (exact) mass is 326 g/mol. The molecule has 22 heavy (non-hydrogen) atoms. The predicted molar refractivity (Wildman–Crippen MR) is 87.7 cm³/mol. The van der Waals surface area contributed by atoms with E-state index in [2.05, 4.69) is 10.6 Å². The highest BCUT2D eigenvalue weighted by molar-refractivity contribution is 7.98. The van der Waals surface area contributed by atoms with Crippen molar-refractivity contribution in [1.29, 1.82) is 0 Å². The van der Waals surface area contributed by atoms with E-state index in [-0.39, 0.29) is 29.9 Å². The quantitative estimate of drug-likeness (QED) is 0.687. The summed E-state index contributed by atoms with van der Waals surface area (Å²) in [5, 5.41) is 14.7. The molecule has 0 heterocycles. The first-order valence-corrected chi connectivity index (χ1v) is 8.90. The highest BCUT2D eigenvalue weighted by Gasteiger charge is 2.46. The Balaban J connectivity index is 1.87. The van der Waals surface area contributed by atoms with Crippen LogP contribution in [0, 0.1) is 5.82 Å². The average molecular weight is 326 g/mol. The third-order valence-electron chi connectivity index (χ3n) is 4.07. The number of urea groups is 1. The fraction of sp³-hybridized carbons (Fsp3) is 0.562. The van der Waals surface area contributed by atoms with E-state index in [0.29, 0.717) is 18.5 Å². The maximum Gasteiger partial charge on any atom is 0.315 e. The molecule has 2 amide bonds. The van der Waals surface area contributed by atoms with E-state index in [1.165, 1.54) is 6.07 Å². The van der Waals surface area contributed by atoms with Gasteiger partial charge in [0.2, 0.25) is 0 Å². The minimum atomic E-state index is -0.255. The smallest absolute Gasteiger partial charge is 0.315 e. The number of aliphatic hydroxyl groups is 1. The van der Waals surface area contributed by atoms with Gasteiger partial charge in [0, 0.05) is 30.4 Å². The van der Waals surface area contributed by atoms with E-state index >= 15 is 0 Å². The number of nitrogens with one attached hydrogen (secondary N) is 2. The molecule has 0 spiro atoms. The van der Waals surface area contributed by atoms with Crippen molar-refractivity contribution in [3.8, 4) is 0 Å². The van der Waals surface area contributed by atoms with Gasteiger partial charge in [0.25, 0.3) is 0 Å². The second-order valence-corrected chi connectivity index (χ2v) is 6.66. The molecule has 1 unspecified atom stereocenters. The van der Waals surface area contributed by atoms with Gasteiger partial charge >= 0.3 is 6.03 Å². The molecule has 0 aromatic heterocycles. The van der Waals surface area contributed by atoms with Crippen LogP contribution in [-0.2, 0) is 5.41 Å². The van der Waals surface area contributed by atoms with Crippen molar-refractivity contribution >= 4 is 17.8 Å². The van der Waals surface area contributed by atoms with Crippen molar-refractivity contribution < 1.29 is 14.3 Å². The second-order valence-electron chi connectivity index (χ2n) is 5.75. The summed E-state index contributed by atoms with van der Waals surface area (Å²) >= 11 is 1.62. The zero-order valence-electron chi connectivity index (χ0n) is 12.8. The van der Waals surface area contributed by atoms with Gasteiger partial charge in [0.1, 0.15) is 5.82 Å². The zero-order chi connectivity index (χ0) is 16.0. The van der Waals surface area contributed by atoms with Crippen molar-refractivity contribution in [2.75, 3.05) is 25.2 Å². The fourth-order valence-corrected chi connectivity index (χ4v) is 3.28. The largest absolute Gasteiger partial charge is 0.396 e. The Morgan fingerprint density at radius 1 is 1.45 bits per heavy atom. The minimum Gasteiger partial charge on any atom is -0.396 e. The number of benzene rings is 1. The van der Waals surface area contributed by atoms with Crippen molar-refractivity contribution in [2.45, 2.75) is 30.7 Å². The number of hydrogen-bond donors (Lipinski definition) is 3. The number of aliphatic hydroxyl groups excluding tert-OH is 1. The molecule has 1 aliphatic rings. The molecule has 1 atom stereocenters.